The van der Waals surface area contributed by atoms with Crippen molar-refractivity contribution in [2.24, 2.45) is 17.8 Å². The average Bonchev–Trinajstić information content (AvgIpc) is 3.36. The quantitative estimate of drug-likeness (QED) is 0.258. The van der Waals surface area contributed by atoms with Gasteiger partial charge in [0.1, 0.15) is 6.04 Å². The lowest BCUT2D eigenvalue weighted by atomic mass is 9.71. The van der Waals surface area contributed by atoms with Crippen molar-refractivity contribution >= 4 is 45.5 Å². The number of aliphatic hydroxyl groups excluding tert-OH is 1. The molecule has 1 N–H and O–H groups in total. The van der Waals surface area contributed by atoms with Crippen LogP contribution in [0.15, 0.2) is 12.7 Å². The monoisotopic (exact) mass is 544 g/mol. The zero-order valence-electron chi connectivity index (χ0n) is 20.2. The standard InChI is InChI=1S/C24H37BrN2O5S/c1-7-10-26(13(4)5)22(30)20-24-11-15(25)19(33-24)17(23(31)32-9-3)18(24)21(29)27(20)16(12-28)14(6)8-2/h7,13-20,28H,1,8-12H2,2-6H3/t14-,15?,16-,17+,18-,19+,20?,24?/m0/s1. The molecule has 3 aliphatic heterocycles. The van der Waals surface area contributed by atoms with E-state index in [2.05, 4.69) is 22.5 Å². The molecule has 0 saturated carbocycles. The van der Waals surface area contributed by atoms with Gasteiger partial charge in [0.15, 0.2) is 0 Å². The number of carbonyl (C=O) groups is 3. The van der Waals surface area contributed by atoms with Crippen molar-refractivity contribution in [1.82, 2.24) is 9.80 Å². The predicted octanol–water partition coefficient (Wildman–Crippen LogP) is 2.84. The fraction of sp³-hybridized carbons (Fsp3) is 0.792. The molecule has 2 bridgehead atoms. The van der Waals surface area contributed by atoms with Crippen molar-refractivity contribution < 1.29 is 24.2 Å². The summed E-state index contributed by atoms with van der Waals surface area (Å²) in [5, 5.41) is 10.2. The van der Waals surface area contributed by atoms with Crippen LogP contribution in [0.5, 0.6) is 0 Å². The molecular formula is C24H37BrN2O5S. The highest BCUT2D eigenvalue weighted by Crippen LogP contribution is 2.68. The van der Waals surface area contributed by atoms with Crippen molar-refractivity contribution in [2.45, 2.75) is 80.4 Å². The molecule has 0 aromatic carbocycles. The van der Waals surface area contributed by atoms with Gasteiger partial charge < -0.3 is 19.6 Å². The van der Waals surface area contributed by atoms with E-state index < -0.39 is 28.7 Å². The first-order chi connectivity index (χ1) is 15.6. The smallest absolute Gasteiger partial charge is 0.310 e. The van der Waals surface area contributed by atoms with Crippen molar-refractivity contribution in [3.8, 4) is 0 Å². The summed E-state index contributed by atoms with van der Waals surface area (Å²) in [7, 11) is 0. The van der Waals surface area contributed by atoms with Gasteiger partial charge >= 0.3 is 5.97 Å². The number of hydrogen-bond donors (Lipinski definition) is 1. The Kier molecular flexibility index (Phi) is 8.27. The highest BCUT2D eigenvalue weighted by Gasteiger charge is 2.76. The minimum absolute atomic E-state index is 0.000564. The first-order valence-electron chi connectivity index (χ1n) is 11.9. The van der Waals surface area contributed by atoms with Crippen LogP contribution < -0.4 is 0 Å². The summed E-state index contributed by atoms with van der Waals surface area (Å²) in [6.07, 6.45) is 3.06. The Morgan fingerprint density at radius 1 is 1.39 bits per heavy atom. The van der Waals surface area contributed by atoms with Gasteiger partial charge in [-0.15, -0.1) is 18.3 Å². The highest BCUT2D eigenvalue weighted by atomic mass is 79.9. The van der Waals surface area contributed by atoms with Crippen LogP contribution >= 0.6 is 27.7 Å². The molecule has 3 unspecified atom stereocenters. The molecule has 7 nitrogen and oxygen atoms in total. The third kappa shape index (κ3) is 4.16. The van der Waals surface area contributed by atoms with Gasteiger partial charge in [0.2, 0.25) is 11.8 Å². The molecule has 9 heteroatoms. The van der Waals surface area contributed by atoms with Crippen LogP contribution in [0.4, 0.5) is 0 Å². The van der Waals surface area contributed by atoms with Crippen molar-refractivity contribution in [1.29, 1.82) is 0 Å². The first kappa shape index (κ1) is 26.5. The van der Waals surface area contributed by atoms with Gasteiger partial charge in [-0.2, -0.15) is 0 Å². The molecule has 8 atom stereocenters. The van der Waals surface area contributed by atoms with E-state index in [9.17, 15) is 19.5 Å². The Morgan fingerprint density at radius 2 is 2.06 bits per heavy atom. The Labute approximate surface area is 209 Å². The summed E-state index contributed by atoms with van der Waals surface area (Å²) in [5.74, 6) is -1.96. The minimum Gasteiger partial charge on any atom is -0.466 e. The van der Waals surface area contributed by atoms with Crippen LogP contribution in [0.3, 0.4) is 0 Å². The Hall–Kier alpha value is -1.06. The number of fused-ring (bicyclic) bond motifs is 1. The third-order valence-electron chi connectivity index (χ3n) is 7.60. The summed E-state index contributed by atoms with van der Waals surface area (Å²) >= 11 is 5.34. The number of likely N-dealkylation sites (tertiary alicyclic amines) is 1. The van der Waals surface area contributed by atoms with Gasteiger partial charge in [0.05, 0.1) is 35.8 Å². The number of thioether (sulfide) groups is 1. The number of esters is 1. The number of nitrogens with zero attached hydrogens (tertiary/aromatic N) is 2. The van der Waals surface area contributed by atoms with Crippen LogP contribution in [0, 0.1) is 17.8 Å². The number of amides is 2. The number of carbonyl (C=O) groups excluding carboxylic acids is 3. The molecule has 2 amide bonds. The molecule has 186 valence electrons. The second-order valence-corrected chi connectivity index (χ2v) is 12.4. The van der Waals surface area contributed by atoms with Gasteiger partial charge in [-0.3, -0.25) is 14.4 Å². The van der Waals surface area contributed by atoms with Crippen molar-refractivity contribution in [2.75, 3.05) is 19.8 Å². The van der Waals surface area contributed by atoms with E-state index in [-0.39, 0.29) is 53.0 Å². The molecule has 0 aliphatic carbocycles. The van der Waals surface area contributed by atoms with Gasteiger partial charge in [-0.05, 0) is 33.1 Å². The van der Waals surface area contributed by atoms with Crippen LogP contribution in [0.1, 0.15) is 47.5 Å². The molecule has 0 aromatic heterocycles. The van der Waals surface area contributed by atoms with Gasteiger partial charge in [-0.1, -0.05) is 42.3 Å². The molecule has 33 heavy (non-hydrogen) atoms. The summed E-state index contributed by atoms with van der Waals surface area (Å²) in [6.45, 7) is 13.9. The molecule has 3 fully saturated rings. The van der Waals surface area contributed by atoms with E-state index >= 15 is 0 Å². The maximum atomic E-state index is 14.2. The number of halogens is 1. The topological polar surface area (TPSA) is 87.2 Å². The number of ether oxygens (including phenoxy) is 1. The van der Waals surface area contributed by atoms with E-state index in [1.165, 1.54) is 0 Å². The molecule has 3 heterocycles. The zero-order valence-corrected chi connectivity index (χ0v) is 22.6. The Bertz CT molecular complexity index is 795. The van der Waals surface area contributed by atoms with Crippen LogP contribution in [-0.4, -0.2) is 85.4 Å². The van der Waals surface area contributed by atoms with Crippen LogP contribution in [-0.2, 0) is 19.1 Å². The van der Waals surface area contributed by atoms with E-state index in [4.69, 9.17) is 4.74 Å². The van der Waals surface area contributed by atoms with E-state index in [1.54, 1.807) is 34.6 Å². The predicted molar refractivity (Wildman–Crippen MR) is 133 cm³/mol. The van der Waals surface area contributed by atoms with Crippen LogP contribution in [0.25, 0.3) is 0 Å². The van der Waals surface area contributed by atoms with Gasteiger partial charge in [-0.25, -0.2) is 0 Å². The lowest BCUT2D eigenvalue weighted by Gasteiger charge is -2.42. The van der Waals surface area contributed by atoms with Crippen molar-refractivity contribution in [3.05, 3.63) is 12.7 Å². The normalized spacial score (nSPS) is 34.4. The van der Waals surface area contributed by atoms with Gasteiger partial charge in [0.25, 0.3) is 0 Å². The van der Waals surface area contributed by atoms with E-state index in [0.717, 1.165) is 6.42 Å². The Balaban J connectivity index is 2.16. The molecule has 3 rings (SSSR count). The number of hydrogen-bond acceptors (Lipinski definition) is 6. The van der Waals surface area contributed by atoms with Gasteiger partial charge in [0, 0.05) is 22.7 Å². The fourth-order valence-electron chi connectivity index (χ4n) is 5.88. The van der Waals surface area contributed by atoms with Crippen LogP contribution in [0.2, 0.25) is 0 Å². The fourth-order valence-corrected chi connectivity index (χ4v) is 9.46. The molecular weight excluding hydrogens is 508 g/mol. The highest BCUT2D eigenvalue weighted by molar-refractivity contribution is 9.09. The minimum atomic E-state index is -0.752. The second-order valence-electron chi connectivity index (χ2n) is 9.67. The summed E-state index contributed by atoms with van der Waals surface area (Å²) in [6, 6.07) is -1.33. The first-order valence-corrected chi connectivity index (χ1v) is 13.7. The lowest BCUT2D eigenvalue weighted by molar-refractivity contribution is -0.154. The average molecular weight is 546 g/mol. The second kappa shape index (κ2) is 10.3. The maximum absolute atomic E-state index is 14.2. The van der Waals surface area contributed by atoms with E-state index in [0.29, 0.717) is 13.0 Å². The molecule has 0 aromatic rings. The molecule has 1 spiro atoms. The SMILES string of the molecule is C=CCN(C(=O)C1N([C@@H](CO)[C@@H](C)CC)C(=O)[C@@H]2[C@@H](C(=O)OCC)[C@@H]3SC12CC3Br)C(C)C. The number of rotatable bonds is 10. The zero-order chi connectivity index (χ0) is 24.7. The van der Waals surface area contributed by atoms with E-state index in [1.807, 2.05) is 27.7 Å². The maximum Gasteiger partial charge on any atom is 0.310 e. The number of alkyl halides is 1. The van der Waals surface area contributed by atoms with Crippen molar-refractivity contribution in [3.63, 3.8) is 0 Å². The largest absolute Gasteiger partial charge is 0.466 e. The molecule has 3 saturated heterocycles. The summed E-state index contributed by atoms with van der Waals surface area (Å²) < 4.78 is 4.65. The molecule has 0 radical (unpaired) electrons. The summed E-state index contributed by atoms with van der Waals surface area (Å²) in [4.78, 5) is 44.6. The molecule has 3 aliphatic rings. The Morgan fingerprint density at radius 3 is 2.58 bits per heavy atom. The number of aliphatic hydroxyl groups is 1. The lowest BCUT2D eigenvalue weighted by Crippen LogP contribution is -2.59. The third-order valence-corrected chi connectivity index (χ3v) is 10.8. The summed E-state index contributed by atoms with van der Waals surface area (Å²) in [5.41, 5.74) is 0.